The van der Waals surface area contributed by atoms with Crippen molar-refractivity contribution in [3.05, 3.63) is 96.1 Å². The Hall–Kier alpha value is -7.98. The number of ether oxygens (including phenoxy) is 2. The Kier molecular flexibility index (Phi) is 26.0. The third-order valence-electron chi connectivity index (χ3n) is 18.0. The number of nitrogens with zero attached hydrogens (tertiary/aromatic N) is 2. The number of aliphatic hydroxyl groups excluding tert-OH is 2. The first-order valence-electron chi connectivity index (χ1n) is 32.0. The average Bonchev–Trinajstić information content (AvgIpc) is 1.90. The summed E-state index contributed by atoms with van der Waals surface area (Å²) in [6.45, 7) is 6.90. The molecule has 8 atom stereocenters. The number of hydrogen-bond acceptors (Lipinski definition) is 14. The maximum Gasteiger partial charge on any atom is 0.325 e. The van der Waals surface area contributed by atoms with Gasteiger partial charge in [0, 0.05) is 24.2 Å². The van der Waals surface area contributed by atoms with Crippen molar-refractivity contribution in [1.82, 2.24) is 41.7 Å². The maximum absolute atomic E-state index is 14.1. The highest BCUT2D eigenvalue weighted by Crippen LogP contribution is 2.32. The van der Waals surface area contributed by atoms with Gasteiger partial charge < -0.3 is 61.4 Å². The SMILES string of the molecule is COC(=O)CNC(=O)C(O)C(NC(=O)[C@@H]1CCCN1C(=O)[C@@H](CC1CCCCC1)NC(=O)c1ccc2ccccc2c1)C(C)C.COC(=O)CNC(=O)C(O)C(NC(=O)[C@@H]1CCCN1C(=O)[C@@H](CC1CCCCC1)NC(=O)c1ccc2ccccc2c1)C(C)C. The molecular weight excluding hydrogens is 1150 g/mol. The third-order valence-corrected chi connectivity index (χ3v) is 18.0. The molecule has 4 fully saturated rings. The number of rotatable bonds is 24. The highest BCUT2D eigenvalue weighted by atomic mass is 16.5. The van der Waals surface area contributed by atoms with E-state index in [0.717, 1.165) is 85.8 Å². The number of amides is 8. The molecule has 488 valence electrons. The van der Waals surface area contributed by atoms with Crippen LogP contribution < -0.4 is 31.9 Å². The largest absolute Gasteiger partial charge is 0.468 e. The summed E-state index contributed by atoms with van der Waals surface area (Å²) in [6, 6.07) is 21.3. The van der Waals surface area contributed by atoms with Gasteiger partial charge in [-0.1, -0.05) is 153 Å². The van der Waals surface area contributed by atoms with Crippen molar-refractivity contribution < 1.29 is 67.6 Å². The molecule has 22 nitrogen and oxygen atoms in total. The van der Waals surface area contributed by atoms with Crippen LogP contribution in [-0.2, 0) is 47.8 Å². The second-order valence-electron chi connectivity index (χ2n) is 25.1. The van der Waals surface area contributed by atoms with Crippen molar-refractivity contribution in [2.75, 3.05) is 40.4 Å². The highest BCUT2D eigenvalue weighted by molar-refractivity contribution is 6.03. The zero-order chi connectivity index (χ0) is 65.0. The van der Waals surface area contributed by atoms with Crippen LogP contribution in [-0.4, -0.2) is 168 Å². The lowest BCUT2D eigenvalue weighted by atomic mass is 9.84. The van der Waals surface area contributed by atoms with Crippen molar-refractivity contribution >= 4 is 80.7 Å². The molecule has 0 bridgehead atoms. The molecule has 8 N–H and O–H groups in total. The topological polar surface area (TPSA) is 308 Å². The fourth-order valence-corrected chi connectivity index (χ4v) is 12.8. The van der Waals surface area contributed by atoms with Crippen LogP contribution in [0.5, 0.6) is 0 Å². The molecule has 2 saturated carbocycles. The maximum atomic E-state index is 14.1. The Labute approximate surface area is 527 Å². The van der Waals surface area contributed by atoms with E-state index in [4.69, 9.17) is 0 Å². The standard InChI is InChI=1S/2C34H46N4O7/c2*1-21(2)29(30(40)33(43)35-20-28(39)45-3)37-32(42)27-14-9-17-38(27)34(44)26(18-22-10-5-4-6-11-22)36-31(41)25-16-15-23-12-7-8-13-24(23)19-25/h2*7-8,12-13,15-16,19,21-22,26-27,29-30,40H,4-6,9-11,14,17-18,20H2,1-3H3,(H,35,43)(H,36,41)(H,37,42)/t2*26-,27+,29?,30?/m11/s1. The van der Waals surface area contributed by atoms with Gasteiger partial charge in [0.05, 0.1) is 26.3 Å². The number of hydrogen-bond donors (Lipinski definition) is 8. The van der Waals surface area contributed by atoms with E-state index in [2.05, 4.69) is 41.4 Å². The minimum absolute atomic E-state index is 0.295. The Bertz CT molecular complexity index is 2950. The Balaban J connectivity index is 0.000000256. The van der Waals surface area contributed by atoms with E-state index in [1.54, 1.807) is 39.8 Å². The van der Waals surface area contributed by atoms with Crippen LogP contribution in [0.25, 0.3) is 21.5 Å². The molecule has 0 spiro atoms. The number of likely N-dealkylation sites (tertiary alicyclic amines) is 2. The van der Waals surface area contributed by atoms with Gasteiger partial charge >= 0.3 is 11.9 Å². The summed E-state index contributed by atoms with van der Waals surface area (Å²) in [7, 11) is 2.37. The van der Waals surface area contributed by atoms with Gasteiger partial charge in [0.2, 0.25) is 23.6 Å². The summed E-state index contributed by atoms with van der Waals surface area (Å²) >= 11 is 0. The van der Waals surface area contributed by atoms with Gasteiger partial charge in [0.1, 0.15) is 37.3 Å². The number of methoxy groups -OCH3 is 2. The molecule has 4 aromatic rings. The van der Waals surface area contributed by atoms with E-state index in [0.29, 0.717) is 74.6 Å². The molecule has 8 amide bonds. The Morgan fingerprint density at radius 1 is 0.467 bits per heavy atom. The fraction of sp³-hybridized carbons (Fsp3) is 0.559. The number of esters is 2. The monoisotopic (exact) mass is 1240 g/mol. The van der Waals surface area contributed by atoms with E-state index in [-0.39, 0.29) is 35.5 Å². The number of benzene rings is 4. The van der Waals surface area contributed by atoms with Crippen molar-refractivity contribution in [3.63, 3.8) is 0 Å². The lowest BCUT2D eigenvalue weighted by molar-refractivity contribution is -0.144. The Morgan fingerprint density at radius 2 is 0.822 bits per heavy atom. The normalized spacial score (nSPS) is 19.0. The molecule has 4 unspecified atom stereocenters. The van der Waals surface area contributed by atoms with Crippen molar-refractivity contribution in [1.29, 1.82) is 0 Å². The minimum atomic E-state index is -1.62. The van der Waals surface area contributed by atoms with Gasteiger partial charge in [-0.2, -0.15) is 0 Å². The number of fused-ring (bicyclic) bond motifs is 2. The quantitative estimate of drug-likeness (QED) is 0.0409. The molecule has 4 aliphatic rings. The van der Waals surface area contributed by atoms with Gasteiger partial charge in [0.15, 0.2) is 12.2 Å². The van der Waals surface area contributed by atoms with E-state index < -0.39 is 97.1 Å². The molecule has 90 heavy (non-hydrogen) atoms. The molecule has 22 heteroatoms. The van der Waals surface area contributed by atoms with Gasteiger partial charge in [-0.3, -0.25) is 47.9 Å². The second kappa shape index (κ2) is 33.7. The van der Waals surface area contributed by atoms with Crippen LogP contribution in [0.3, 0.4) is 0 Å². The fourth-order valence-electron chi connectivity index (χ4n) is 12.8. The number of aliphatic hydroxyl groups is 2. The molecule has 4 aromatic carbocycles. The number of carbonyl (C=O) groups is 10. The van der Waals surface area contributed by atoms with Gasteiger partial charge in [0.25, 0.3) is 23.6 Å². The number of nitrogens with one attached hydrogen (secondary N) is 6. The van der Waals surface area contributed by atoms with Crippen molar-refractivity contribution in [2.45, 2.75) is 179 Å². The lowest BCUT2D eigenvalue weighted by Gasteiger charge is -2.33. The lowest BCUT2D eigenvalue weighted by Crippen LogP contribution is -2.58. The van der Waals surface area contributed by atoms with Crippen LogP contribution in [0.15, 0.2) is 84.9 Å². The summed E-state index contributed by atoms with van der Waals surface area (Å²) < 4.78 is 9.04. The molecular formula is C68H92N8O14. The van der Waals surface area contributed by atoms with E-state index in [9.17, 15) is 58.2 Å². The summed E-state index contributed by atoms with van der Waals surface area (Å²) in [5, 5.41) is 41.6. The zero-order valence-corrected chi connectivity index (χ0v) is 52.8. The molecule has 2 aliphatic carbocycles. The summed E-state index contributed by atoms with van der Waals surface area (Å²) in [5.74, 6) is -5.28. The molecule has 2 heterocycles. The molecule has 2 aliphatic heterocycles. The molecule has 0 aromatic heterocycles. The summed E-state index contributed by atoms with van der Waals surface area (Å²) in [4.78, 5) is 133. The van der Waals surface area contributed by atoms with E-state index >= 15 is 0 Å². The average molecular weight is 1250 g/mol. The van der Waals surface area contributed by atoms with Crippen LogP contribution >= 0.6 is 0 Å². The first-order chi connectivity index (χ1) is 43.2. The van der Waals surface area contributed by atoms with E-state index in [1.165, 1.54) is 24.0 Å². The van der Waals surface area contributed by atoms with Crippen LogP contribution in [0.1, 0.15) is 151 Å². The van der Waals surface area contributed by atoms with Gasteiger partial charge in [-0.15, -0.1) is 0 Å². The summed E-state index contributed by atoms with van der Waals surface area (Å²) in [6.07, 6.45) is 10.4. The van der Waals surface area contributed by atoms with Gasteiger partial charge in [-0.25, -0.2) is 0 Å². The molecule has 8 rings (SSSR count). The van der Waals surface area contributed by atoms with Crippen LogP contribution in [0.2, 0.25) is 0 Å². The first-order valence-corrected chi connectivity index (χ1v) is 32.0. The third kappa shape index (κ3) is 19.0. The van der Waals surface area contributed by atoms with Crippen LogP contribution in [0.4, 0.5) is 0 Å². The first kappa shape index (κ1) is 69.5. The molecule has 0 radical (unpaired) electrons. The minimum Gasteiger partial charge on any atom is -0.468 e. The zero-order valence-electron chi connectivity index (χ0n) is 52.8. The predicted octanol–water partition coefficient (Wildman–Crippen LogP) is 5.38. The highest BCUT2D eigenvalue weighted by Gasteiger charge is 2.43. The number of carbonyl (C=O) groups excluding carboxylic acids is 10. The second-order valence-corrected chi connectivity index (χ2v) is 25.1. The predicted molar refractivity (Wildman–Crippen MR) is 338 cm³/mol. The van der Waals surface area contributed by atoms with Crippen LogP contribution in [0, 0.1) is 23.7 Å². The summed E-state index contributed by atoms with van der Waals surface area (Å²) in [5.41, 5.74) is 0.926. The van der Waals surface area contributed by atoms with Gasteiger partial charge in [-0.05, 0) is 108 Å². The van der Waals surface area contributed by atoms with Crippen molar-refractivity contribution in [2.24, 2.45) is 23.7 Å². The van der Waals surface area contributed by atoms with E-state index in [1.807, 2.05) is 72.8 Å². The smallest absolute Gasteiger partial charge is 0.325 e. The Morgan fingerprint density at radius 3 is 1.17 bits per heavy atom. The van der Waals surface area contributed by atoms with Crippen molar-refractivity contribution in [3.8, 4) is 0 Å². The molecule has 2 saturated heterocycles.